The first kappa shape index (κ1) is 12.6. The van der Waals surface area contributed by atoms with E-state index in [-0.39, 0.29) is 5.25 Å². The molecular weight excluding hydrogens is 260 g/mol. The van der Waals surface area contributed by atoms with Crippen LogP contribution in [0.3, 0.4) is 0 Å². The Morgan fingerprint density at radius 3 is 2.78 bits per heavy atom. The van der Waals surface area contributed by atoms with Crippen molar-refractivity contribution in [3.05, 3.63) is 34.9 Å². The lowest BCUT2D eigenvalue weighted by Crippen LogP contribution is -2.31. The van der Waals surface area contributed by atoms with Crippen LogP contribution in [0.4, 0.5) is 0 Å². The van der Waals surface area contributed by atoms with Crippen LogP contribution in [0.15, 0.2) is 18.2 Å². The van der Waals surface area contributed by atoms with Crippen LogP contribution in [0.25, 0.3) is 0 Å². The van der Waals surface area contributed by atoms with E-state index in [1.165, 1.54) is 29.7 Å². The molecule has 1 nitrogen and oxygen atoms in total. The molecule has 3 rings (SSSR count). The summed E-state index contributed by atoms with van der Waals surface area (Å²) in [5.74, 6) is 2.63. The molecule has 2 atom stereocenters. The average molecular weight is 278 g/mol. The second-order valence-electron chi connectivity index (χ2n) is 5.07. The number of ketones is 1. The van der Waals surface area contributed by atoms with Gasteiger partial charge in [0.25, 0.3) is 0 Å². The van der Waals surface area contributed by atoms with Crippen molar-refractivity contribution in [2.45, 2.75) is 36.7 Å². The molecule has 0 saturated carbocycles. The third-order valence-corrected chi connectivity index (χ3v) is 6.92. The maximum atomic E-state index is 12.6. The largest absolute Gasteiger partial charge is 0.293 e. The second kappa shape index (κ2) is 5.30. The van der Waals surface area contributed by atoms with Gasteiger partial charge in [-0.25, -0.2) is 0 Å². The molecule has 1 aliphatic carbocycles. The summed E-state index contributed by atoms with van der Waals surface area (Å²) >= 11 is 3.77. The molecular formula is C15H18OS2. The molecule has 0 spiro atoms. The minimum atomic E-state index is 0.156. The normalized spacial score (nSPS) is 26.9. The monoisotopic (exact) mass is 278 g/mol. The summed E-state index contributed by atoms with van der Waals surface area (Å²) in [5, 5.41) is 0.604. The Balaban J connectivity index is 1.83. The predicted molar refractivity (Wildman–Crippen MR) is 81.0 cm³/mol. The summed E-state index contributed by atoms with van der Waals surface area (Å²) in [4.78, 5) is 12.6. The minimum Gasteiger partial charge on any atom is -0.293 e. The van der Waals surface area contributed by atoms with E-state index in [2.05, 4.69) is 19.1 Å². The van der Waals surface area contributed by atoms with Gasteiger partial charge < -0.3 is 0 Å². The fourth-order valence-electron chi connectivity index (χ4n) is 2.81. The van der Waals surface area contributed by atoms with Gasteiger partial charge in [0.15, 0.2) is 5.78 Å². The highest BCUT2D eigenvalue weighted by Crippen LogP contribution is 2.34. The highest BCUT2D eigenvalue weighted by molar-refractivity contribution is 8.07. The smallest absolute Gasteiger partial charge is 0.176 e. The first-order valence-electron chi connectivity index (χ1n) is 6.65. The Kier molecular flexibility index (Phi) is 3.71. The quantitative estimate of drug-likeness (QED) is 0.770. The van der Waals surface area contributed by atoms with Crippen LogP contribution in [0.2, 0.25) is 0 Å². The Hall–Kier alpha value is -0.410. The number of Topliss-reactive ketones (excluding diaryl/α,β-unsaturated/α-hetero) is 1. The summed E-state index contributed by atoms with van der Waals surface area (Å²) in [6.07, 6.45) is 3.59. The van der Waals surface area contributed by atoms with Crippen molar-refractivity contribution < 1.29 is 4.79 Å². The summed E-state index contributed by atoms with van der Waals surface area (Å²) in [7, 11) is 0. The van der Waals surface area contributed by atoms with Crippen molar-refractivity contribution in [2.75, 3.05) is 11.5 Å². The zero-order valence-corrected chi connectivity index (χ0v) is 12.3. The Morgan fingerprint density at radius 2 is 1.94 bits per heavy atom. The van der Waals surface area contributed by atoms with Crippen LogP contribution >= 0.6 is 23.5 Å². The van der Waals surface area contributed by atoms with E-state index in [0.29, 0.717) is 11.0 Å². The van der Waals surface area contributed by atoms with Gasteiger partial charge in [0.2, 0.25) is 0 Å². The summed E-state index contributed by atoms with van der Waals surface area (Å²) in [6, 6.07) is 6.36. The molecule has 0 aromatic heterocycles. The highest BCUT2D eigenvalue weighted by atomic mass is 32.2. The number of rotatable bonds is 2. The van der Waals surface area contributed by atoms with Crippen molar-refractivity contribution in [3.8, 4) is 0 Å². The predicted octanol–water partition coefficient (Wildman–Crippen LogP) is 3.60. The van der Waals surface area contributed by atoms with Crippen LogP contribution in [0.1, 0.15) is 34.8 Å². The number of aryl methyl sites for hydroxylation is 2. The van der Waals surface area contributed by atoms with Gasteiger partial charge in [0, 0.05) is 22.3 Å². The Labute approximate surface area is 117 Å². The van der Waals surface area contributed by atoms with Crippen LogP contribution in [0.5, 0.6) is 0 Å². The highest BCUT2D eigenvalue weighted by Gasteiger charge is 2.30. The summed E-state index contributed by atoms with van der Waals surface area (Å²) in [5.41, 5.74) is 3.79. The molecule has 96 valence electrons. The first-order valence-corrected chi connectivity index (χ1v) is 8.74. The number of hydrogen-bond donors (Lipinski definition) is 0. The van der Waals surface area contributed by atoms with Crippen molar-refractivity contribution in [2.24, 2.45) is 0 Å². The molecule has 1 saturated heterocycles. The topological polar surface area (TPSA) is 17.1 Å². The van der Waals surface area contributed by atoms with E-state index in [1.54, 1.807) is 0 Å². The average Bonchev–Trinajstić information content (AvgIpc) is 2.85. The van der Waals surface area contributed by atoms with E-state index >= 15 is 0 Å². The number of carbonyl (C=O) groups is 1. The van der Waals surface area contributed by atoms with E-state index in [1.807, 2.05) is 29.6 Å². The lowest BCUT2D eigenvalue weighted by Gasteiger charge is -2.26. The third-order valence-electron chi connectivity index (χ3n) is 3.83. The van der Waals surface area contributed by atoms with Crippen LogP contribution < -0.4 is 0 Å². The van der Waals surface area contributed by atoms with E-state index < -0.39 is 0 Å². The van der Waals surface area contributed by atoms with E-state index in [0.717, 1.165) is 17.7 Å². The third kappa shape index (κ3) is 2.35. The molecule has 1 fully saturated rings. The Morgan fingerprint density at radius 1 is 1.17 bits per heavy atom. The summed E-state index contributed by atoms with van der Waals surface area (Å²) in [6.45, 7) is 2.19. The van der Waals surface area contributed by atoms with Crippen molar-refractivity contribution in [1.29, 1.82) is 0 Å². The zero-order valence-electron chi connectivity index (χ0n) is 10.6. The molecule has 1 heterocycles. The lowest BCUT2D eigenvalue weighted by atomic mass is 10.0. The maximum absolute atomic E-state index is 12.6. The number of hydrogen-bond acceptors (Lipinski definition) is 3. The molecule has 3 heteroatoms. The number of carbonyl (C=O) groups excluding carboxylic acids is 1. The first-order chi connectivity index (χ1) is 8.75. The van der Waals surface area contributed by atoms with Gasteiger partial charge in [-0.05, 0) is 36.5 Å². The molecule has 18 heavy (non-hydrogen) atoms. The molecule has 0 bridgehead atoms. The van der Waals surface area contributed by atoms with Crippen LogP contribution in [-0.4, -0.2) is 27.8 Å². The van der Waals surface area contributed by atoms with Crippen molar-refractivity contribution in [1.82, 2.24) is 0 Å². The number of thioether (sulfide) groups is 2. The van der Waals surface area contributed by atoms with E-state index in [9.17, 15) is 4.79 Å². The lowest BCUT2D eigenvalue weighted by molar-refractivity contribution is 0.0989. The van der Waals surface area contributed by atoms with Gasteiger partial charge in [0.1, 0.15) is 0 Å². The SMILES string of the molecule is CC1SCCSC1C(=O)c1ccc2c(c1)CCC2. The van der Waals surface area contributed by atoms with Crippen LogP contribution in [-0.2, 0) is 12.8 Å². The van der Waals surface area contributed by atoms with Crippen LogP contribution in [0, 0.1) is 0 Å². The van der Waals surface area contributed by atoms with Gasteiger partial charge in [0.05, 0.1) is 5.25 Å². The fraction of sp³-hybridized carbons (Fsp3) is 0.533. The molecule has 0 radical (unpaired) electrons. The standard InChI is InChI=1S/C15H18OS2/c1-10-15(18-8-7-17-10)14(16)13-6-5-11-3-2-4-12(11)9-13/h5-6,9-10,15H,2-4,7-8H2,1H3. The molecule has 0 amide bonds. The van der Waals surface area contributed by atoms with Crippen molar-refractivity contribution >= 4 is 29.3 Å². The number of benzene rings is 1. The summed E-state index contributed by atoms with van der Waals surface area (Å²) < 4.78 is 0. The minimum absolute atomic E-state index is 0.156. The molecule has 2 aliphatic rings. The van der Waals surface area contributed by atoms with Gasteiger partial charge in [-0.15, -0.1) is 11.8 Å². The van der Waals surface area contributed by atoms with Gasteiger partial charge in [-0.1, -0.05) is 19.1 Å². The Bertz CT molecular complexity index is 470. The molecule has 1 aliphatic heterocycles. The van der Waals surface area contributed by atoms with Crippen molar-refractivity contribution in [3.63, 3.8) is 0 Å². The maximum Gasteiger partial charge on any atom is 0.176 e. The molecule has 1 aromatic rings. The molecule has 0 N–H and O–H groups in total. The van der Waals surface area contributed by atoms with Gasteiger partial charge in [-0.3, -0.25) is 4.79 Å². The fourth-order valence-corrected chi connectivity index (χ4v) is 5.53. The molecule has 1 aromatic carbocycles. The second-order valence-corrected chi connectivity index (χ2v) is 7.80. The zero-order chi connectivity index (χ0) is 12.5. The number of fused-ring (bicyclic) bond motifs is 1. The van der Waals surface area contributed by atoms with E-state index in [4.69, 9.17) is 0 Å². The molecule has 2 unspecified atom stereocenters. The van der Waals surface area contributed by atoms with Gasteiger partial charge >= 0.3 is 0 Å². The van der Waals surface area contributed by atoms with Gasteiger partial charge in [-0.2, -0.15) is 11.8 Å².